The highest BCUT2D eigenvalue weighted by atomic mass is 16.6. The normalized spacial score (nSPS) is 19.1. The van der Waals surface area contributed by atoms with E-state index in [0.717, 1.165) is 38.9 Å². The quantitative estimate of drug-likeness (QED) is 0.627. The predicted octanol–water partition coefficient (Wildman–Crippen LogP) is 2.36. The van der Waals surface area contributed by atoms with Crippen LogP contribution in [0.2, 0.25) is 0 Å². The molecule has 0 bridgehead atoms. The van der Waals surface area contributed by atoms with Crippen LogP contribution in [0, 0.1) is 0 Å². The third kappa shape index (κ3) is 6.09. The van der Waals surface area contributed by atoms with Crippen LogP contribution in [0.3, 0.4) is 0 Å². The summed E-state index contributed by atoms with van der Waals surface area (Å²) in [6, 6.07) is 4.97. The van der Waals surface area contributed by atoms with Gasteiger partial charge in [-0.05, 0) is 50.3 Å². The maximum Gasteiger partial charge on any atom is 0.220 e. The Hall–Kier alpha value is -1.83. The van der Waals surface area contributed by atoms with Crippen molar-refractivity contribution in [1.82, 2.24) is 5.32 Å². The van der Waals surface area contributed by atoms with Crippen LogP contribution >= 0.6 is 0 Å². The van der Waals surface area contributed by atoms with Crippen LogP contribution in [0.1, 0.15) is 50.7 Å². The van der Waals surface area contributed by atoms with Crippen molar-refractivity contribution in [2.75, 3.05) is 33.0 Å². The molecule has 0 radical (unpaired) electrons. The average Bonchev–Trinajstić information content (AvgIpc) is 2.73. The molecule has 2 atom stereocenters. The Morgan fingerprint density at radius 3 is 2.71 bits per heavy atom. The van der Waals surface area contributed by atoms with Crippen LogP contribution in [0.15, 0.2) is 18.2 Å². The Morgan fingerprint density at radius 2 is 1.93 bits per heavy atom. The lowest BCUT2D eigenvalue weighted by molar-refractivity contribution is -0.122. The number of rotatable bonds is 9. The highest BCUT2D eigenvalue weighted by molar-refractivity contribution is 5.76. The minimum absolute atomic E-state index is 0.0600. The molecule has 2 aliphatic rings. The summed E-state index contributed by atoms with van der Waals surface area (Å²) in [5.41, 5.74) is 0.696. The van der Waals surface area contributed by atoms with Gasteiger partial charge in [0.15, 0.2) is 11.5 Å². The van der Waals surface area contributed by atoms with Crippen molar-refractivity contribution in [3.05, 3.63) is 23.8 Å². The number of hydrogen-bond acceptors (Lipinski definition) is 6. The molecule has 0 aromatic heterocycles. The Balaban J connectivity index is 1.35. The lowest BCUT2D eigenvalue weighted by Crippen LogP contribution is -2.37. The van der Waals surface area contributed by atoms with E-state index in [9.17, 15) is 9.90 Å². The summed E-state index contributed by atoms with van der Waals surface area (Å²) in [6.07, 6.45) is 3.44. The summed E-state index contributed by atoms with van der Waals surface area (Å²) in [5.74, 6) is 1.25. The van der Waals surface area contributed by atoms with Gasteiger partial charge in [-0.15, -0.1) is 0 Å². The van der Waals surface area contributed by atoms with Crippen molar-refractivity contribution in [2.45, 2.75) is 57.3 Å². The molecule has 1 fully saturated rings. The van der Waals surface area contributed by atoms with Gasteiger partial charge >= 0.3 is 0 Å². The largest absolute Gasteiger partial charge is 0.486 e. The first-order chi connectivity index (χ1) is 13.6. The Morgan fingerprint density at radius 1 is 1.18 bits per heavy atom. The van der Waals surface area contributed by atoms with E-state index in [-0.39, 0.29) is 5.91 Å². The van der Waals surface area contributed by atoms with E-state index in [1.165, 1.54) is 0 Å². The fourth-order valence-electron chi connectivity index (χ4n) is 3.42. The Labute approximate surface area is 166 Å². The summed E-state index contributed by atoms with van der Waals surface area (Å²) in [7, 11) is 0. The zero-order chi connectivity index (χ0) is 19.8. The number of aliphatic hydroxyl groups is 1. The van der Waals surface area contributed by atoms with Gasteiger partial charge in [-0.2, -0.15) is 0 Å². The SMILES string of the molecule is C[C@@H](NC(=O)CCCCOC1CCOCC1)[C@H](O)c1ccc2c(c1)OCCO2. The van der Waals surface area contributed by atoms with Gasteiger partial charge in [-0.1, -0.05) is 6.07 Å². The molecule has 1 aromatic rings. The number of fused-ring (bicyclic) bond motifs is 1. The number of nitrogens with one attached hydrogen (secondary N) is 1. The first-order valence-corrected chi connectivity index (χ1v) is 10.2. The van der Waals surface area contributed by atoms with Crippen molar-refractivity contribution in [3.63, 3.8) is 0 Å². The van der Waals surface area contributed by atoms with Crippen molar-refractivity contribution >= 4 is 5.91 Å². The fourth-order valence-corrected chi connectivity index (χ4v) is 3.42. The summed E-state index contributed by atoms with van der Waals surface area (Å²) >= 11 is 0. The first kappa shape index (κ1) is 20.9. The van der Waals surface area contributed by atoms with E-state index in [0.29, 0.717) is 49.4 Å². The zero-order valence-corrected chi connectivity index (χ0v) is 16.5. The number of benzene rings is 1. The van der Waals surface area contributed by atoms with Crippen LogP contribution in [-0.4, -0.2) is 56.2 Å². The zero-order valence-electron chi connectivity index (χ0n) is 16.5. The molecule has 0 aliphatic carbocycles. The molecule has 0 saturated carbocycles. The second kappa shape index (κ2) is 10.6. The van der Waals surface area contributed by atoms with Gasteiger partial charge in [0.1, 0.15) is 13.2 Å². The molecular formula is C21H31NO6. The maximum absolute atomic E-state index is 12.2. The fraction of sp³-hybridized carbons (Fsp3) is 0.667. The number of amides is 1. The van der Waals surface area contributed by atoms with Crippen LogP contribution in [0.5, 0.6) is 11.5 Å². The highest BCUT2D eigenvalue weighted by Gasteiger charge is 2.21. The first-order valence-electron chi connectivity index (χ1n) is 10.2. The molecule has 1 aromatic carbocycles. The van der Waals surface area contributed by atoms with Crippen LogP contribution in [0.4, 0.5) is 0 Å². The van der Waals surface area contributed by atoms with E-state index in [2.05, 4.69) is 5.32 Å². The summed E-state index contributed by atoms with van der Waals surface area (Å²) in [6.45, 7) is 5.05. The number of unbranched alkanes of at least 4 members (excludes halogenated alkanes) is 1. The lowest BCUT2D eigenvalue weighted by Gasteiger charge is -2.23. The molecule has 156 valence electrons. The number of hydrogen-bond donors (Lipinski definition) is 2. The molecule has 7 heteroatoms. The van der Waals surface area contributed by atoms with E-state index >= 15 is 0 Å². The van der Waals surface area contributed by atoms with Crippen molar-refractivity contribution in [1.29, 1.82) is 0 Å². The minimum Gasteiger partial charge on any atom is -0.486 e. The number of aliphatic hydroxyl groups excluding tert-OH is 1. The van der Waals surface area contributed by atoms with Gasteiger partial charge < -0.3 is 29.4 Å². The van der Waals surface area contributed by atoms with Crippen molar-refractivity contribution < 1.29 is 28.8 Å². The van der Waals surface area contributed by atoms with Crippen LogP contribution in [-0.2, 0) is 14.3 Å². The van der Waals surface area contributed by atoms with Crippen molar-refractivity contribution in [2.24, 2.45) is 0 Å². The summed E-state index contributed by atoms with van der Waals surface area (Å²) in [5, 5.41) is 13.4. The summed E-state index contributed by atoms with van der Waals surface area (Å²) in [4.78, 5) is 12.2. The molecule has 0 unspecified atom stereocenters. The molecule has 3 rings (SSSR count). The maximum atomic E-state index is 12.2. The predicted molar refractivity (Wildman–Crippen MR) is 104 cm³/mol. The summed E-state index contributed by atoms with van der Waals surface area (Å²) < 4.78 is 22.2. The van der Waals surface area contributed by atoms with Crippen LogP contribution in [0.25, 0.3) is 0 Å². The molecule has 1 amide bonds. The highest BCUT2D eigenvalue weighted by Crippen LogP contribution is 2.33. The second-order valence-corrected chi connectivity index (χ2v) is 7.34. The topological polar surface area (TPSA) is 86.3 Å². The molecular weight excluding hydrogens is 362 g/mol. The average molecular weight is 393 g/mol. The third-order valence-corrected chi connectivity index (χ3v) is 5.09. The molecule has 28 heavy (non-hydrogen) atoms. The number of carbonyl (C=O) groups excluding carboxylic acids is 1. The smallest absolute Gasteiger partial charge is 0.220 e. The van der Waals surface area contributed by atoms with E-state index < -0.39 is 12.1 Å². The number of ether oxygens (including phenoxy) is 4. The van der Waals surface area contributed by atoms with E-state index in [4.69, 9.17) is 18.9 Å². The molecule has 7 nitrogen and oxygen atoms in total. The molecule has 2 N–H and O–H groups in total. The van der Waals surface area contributed by atoms with Crippen molar-refractivity contribution in [3.8, 4) is 11.5 Å². The molecule has 2 aliphatic heterocycles. The van der Waals surface area contributed by atoms with Gasteiger partial charge in [0.25, 0.3) is 0 Å². The third-order valence-electron chi connectivity index (χ3n) is 5.09. The Kier molecular flexibility index (Phi) is 7.94. The number of carbonyl (C=O) groups is 1. The monoisotopic (exact) mass is 393 g/mol. The van der Waals surface area contributed by atoms with E-state index in [1.807, 2.05) is 0 Å². The van der Waals surface area contributed by atoms with Gasteiger partial charge in [0.2, 0.25) is 5.91 Å². The van der Waals surface area contributed by atoms with Crippen LogP contribution < -0.4 is 14.8 Å². The lowest BCUT2D eigenvalue weighted by atomic mass is 10.0. The minimum atomic E-state index is -0.809. The molecule has 2 heterocycles. The van der Waals surface area contributed by atoms with Gasteiger partial charge in [0.05, 0.1) is 18.2 Å². The van der Waals surface area contributed by atoms with Gasteiger partial charge in [-0.3, -0.25) is 4.79 Å². The molecule has 0 spiro atoms. The van der Waals surface area contributed by atoms with Gasteiger partial charge in [0, 0.05) is 26.2 Å². The molecule has 1 saturated heterocycles. The standard InChI is InChI=1S/C21H31NO6/c1-15(21(24)16-5-6-18-19(14-16)28-13-12-27-18)22-20(23)4-2-3-9-26-17-7-10-25-11-8-17/h5-6,14-15,17,21,24H,2-4,7-13H2,1H3,(H,22,23)/t15-,21+/m1/s1. The Bertz CT molecular complexity index is 631. The second-order valence-electron chi connectivity index (χ2n) is 7.34. The van der Waals surface area contributed by atoms with Gasteiger partial charge in [-0.25, -0.2) is 0 Å². The van der Waals surface area contributed by atoms with E-state index in [1.54, 1.807) is 25.1 Å².